The topological polar surface area (TPSA) is 63.7 Å². The molecule has 1 heterocycles. The molecule has 0 N–H and O–H groups in total. The van der Waals surface area contributed by atoms with E-state index >= 15 is 0 Å². The van der Waals surface area contributed by atoms with Crippen LogP contribution < -0.4 is 0 Å². The van der Waals surface area contributed by atoms with Gasteiger partial charge in [0.05, 0.1) is 21.3 Å². The molecule has 2 rings (SSSR count). The molecule has 1 aromatic rings. The van der Waals surface area contributed by atoms with Gasteiger partial charge in [-0.3, -0.25) is 9.00 Å². The predicted octanol–water partition coefficient (Wildman–Crippen LogP) is 2.76. The zero-order valence-corrected chi connectivity index (χ0v) is 15.0. The lowest BCUT2D eigenvalue weighted by Gasteiger charge is -2.24. The number of likely N-dealkylation sites (tertiary alicyclic amines) is 1. The van der Waals surface area contributed by atoms with E-state index in [9.17, 15) is 13.8 Å². The molecule has 24 heavy (non-hydrogen) atoms. The average molecular weight is 351 g/mol. The standard InChI is InChI=1S/C18H25NO4S/c1-2-24(22)16-11-7-6-10-15(16)18(21)23-14-17(20)19-12-8-4-3-5-9-13-19/h6-7,10-11H,2-5,8-9,12-14H2,1H3/t24-/m1/s1. The summed E-state index contributed by atoms with van der Waals surface area (Å²) >= 11 is 0. The fraction of sp³-hybridized carbons (Fsp3) is 0.556. The first kappa shape index (κ1) is 18.6. The van der Waals surface area contributed by atoms with Crippen molar-refractivity contribution >= 4 is 22.7 Å². The van der Waals surface area contributed by atoms with Crippen LogP contribution in [0.3, 0.4) is 0 Å². The van der Waals surface area contributed by atoms with Gasteiger partial charge in [0.15, 0.2) is 6.61 Å². The molecule has 5 nitrogen and oxygen atoms in total. The minimum absolute atomic E-state index is 0.153. The molecule has 1 aliphatic rings. The van der Waals surface area contributed by atoms with Gasteiger partial charge in [-0.2, -0.15) is 0 Å². The quantitative estimate of drug-likeness (QED) is 0.765. The first-order valence-electron chi connectivity index (χ1n) is 8.55. The van der Waals surface area contributed by atoms with Crippen molar-refractivity contribution in [1.82, 2.24) is 4.90 Å². The largest absolute Gasteiger partial charge is 0.452 e. The van der Waals surface area contributed by atoms with E-state index in [4.69, 9.17) is 4.74 Å². The number of nitrogens with zero attached hydrogens (tertiary/aromatic N) is 1. The molecule has 1 atom stereocenters. The Labute approximate surface area is 145 Å². The molecular formula is C18H25NO4S. The maximum Gasteiger partial charge on any atom is 0.339 e. The third-order valence-electron chi connectivity index (χ3n) is 4.15. The van der Waals surface area contributed by atoms with Gasteiger partial charge >= 0.3 is 5.97 Å². The van der Waals surface area contributed by atoms with E-state index in [0.29, 0.717) is 10.6 Å². The number of carbonyl (C=O) groups excluding carboxylic acids is 2. The highest BCUT2D eigenvalue weighted by Gasteiger charge is 2.20. The highest BCUT2D eigenvalue weighted by atomic mass is 32.2. The van der Waals surface area contributed by atoms with Crippen molar-refractivity contribution in [3.05, 3.63) is 29.8 Å². The molecule has 1 aliphatic heterocycles. The molecule has 0 aliphatic carbocycles. The fourth-order valence-electron chi connectivity index (χ4n) is 2.78. The van der Waals surface area contributed by atoms with Gasteiger partial charge in [0.1, 0.15) is 0 Å². The van der Waals surface area contributed by atoms with E-state index in [0.717, 1.165) is 38.8 Å². The Kier molecular flexibility index (Phi) is 7.43. The van der Waals surface area contributed by atoms with Gasteiger partial charge in [0.25, 0.3) is 5.91 Å². The molecule has 0 aromatic heterocycles. The van der Waals surface area contributed by atoms with Crippen molar-refractivity contribution in [2.45, 2.75) is 43.9 Å². The first-order valence-corrected chi connectivity index (χ1v) is 9.87. The van der Waals surface area contributed by atoms with Gasteiger partial charge in [0.2, 0.25) is 0 Å². The molecule has 1 amide bonds. The van der Waals surface area contributed by atoms with Gasteiger partial charge in [-0.15, -0.1) is 0 Å². The zero-order chi connectivity index (χ0) is 17.4. The van der Waals surface area contributed by atoms with Gasteiger partial charge in [-0.1, -0.05) is 38.3 Å². The van der Waals surface area contributed by atoms with Gasteiger partial charge in [-0.05, 0) is 25.0 Å². The van der Waals surface area contributed by atoms with Gasteiger partial charge in [0, 0.05) is 18.8 Å². The van der Waals surface area contributed by atoms with Crippen molar-refractivity contribution in [3.63, 3.8) is 0 Å². The van der Waals surface area contributed by atoms with E-state index in [1.54, 1.807) is 36.1 Å². The number of esters is 1. The summed E-state index contributed by atoms with van der Waals surface area (Å²) in [5.74, 6) is -0.316. The number of benzene rings is 1. The number of amides is 1. The molecule has 0 saturated carbocycles. The molecule has 0 spiro atoms. The summed E-state index contributed by atoms with van der Waals surface area (Å²) in [6.07, 6.45) is 5.50. The summed E-state index contributed by atoms with van der Waals surface area (Å²) in [5.41, 5.74) is 0.276. The molecular weight excluding hydrogens is 326 g/mol. The fourth-order valence-corrected chi connectivity index (χ4v) is 3.72. The third-order valence-corrected chi connectivity index (χ3v) is 5.52. The molecule has 1 aromatic carbocycles. The maximum atomic E-state index is 12.3. The number of hydrogen-bond donors (Lipinski definition) is 0. The van der Waals surface area contributed by atoms with Crippen molar-refractivity contribution in [1.29, 1.82) is 0 Å². The van der Waals surface area contributed by atoms with Crippen molar-refractivity contribution in [2.24, 2.45) is 0 Å². The van der Waals surface area contributed by atoms with Crippen LogP contribution >= 0.6 is 0 Å². The summed E-state index contributed by atoms with van der Waals surface area (Å²) in [6.45, 7) is 3.00. The molecule has 6 heteroatoms. The zero-order valence-electron chi connectivity index (χ0n) is 14.2. The Bertz CT molecular complexity index is 594. The second-order valence-electron chi connectivity index (χ2n) is 5.86. The van der Waals surface area contributed by atoms with E-state index in [-0.39, 0.29) is 18.1 Å². The summed E-state index contributed by atoms with van der Waals surface area (Å²) in [6, 6.07) is 6.69. The monoisotopic (exact) mass is 351 g/mol. The minimum atomic E-state index is -1.24. The number of rotatable bonds is 5. The van der Waals surface area contributed by atoms with Crippen LogP contribution in [0.4, 0.5) is 0 Å². The molecule has 0 radical (unpaired) electrons. The lowest BCUT2D eigenvalue weighted by atomic mass is 10.1. The van der Waals surface area contributed by atoms with Crippen molar-refractivity contribution in [3.8, 4) is 0 Å². The molecule has 1 saturated heterocycles. The first-order chi connectivity index (χ1) is 11.6. The SMILES string of the molecule is CC[S@@](=O)c1ccccc1C(=O)OCC(=O)N1CCCCCCC1. The highest BCUT2D eigenvalue weighted by Crippen LogP contribution is 2.15. The van der Waals surface area contributed by atoms with Crippen LogP contribution in [0.25, 0.3) is 0 Å². The lowest BCUT2D eigenvalue weighted by molar-refractivity contribution is -0.134. The van der Waals surface area contributed by atoms with Gasteiger partial charge in [-0.25, -0.2) is 4.79 Å². The summed E-state index contributed by atoms with van der Waals surface area (Å²) in [7, 11) is -1.24. The second-order valence-corrected chi connectivity index (χ2v) is 7.56. The third kappa shape index (κ3) is 5.16. The van der Waals surface area contributed by atoms with E-state index in [2.05, 4.69) is 0 Å². The second kappa shape index (κ2) is 9.57. The summed E-state index contributed by atoms with van der Waals surface area (Å²) in [4.78, 5) is 26.8. The van der Waals surface area contributed by atoms with Gasteiger partial charge < -0.3 is 9.64 Å². The predicted molar refractivity (Wildman–Crippen MR) is 93.3 cm³/mol. The smallest absolute Gasteiger partial charge is 0.339 e. The van der Waals surface area contributed by atoms with Crippen molar-refractivity contribution in [2.75, 3.05) is 25.4 Å². The molecule has 1 fully saturated rings. The van der Waals surface area contributed by atoms with Crippen molar-refractivity contribution < 1.29 is 18.5 Å². The van der Waals surface area contributed by atoms with Crippen LogP contribution in [-0.2, 0) is 20.3 Å². The molecule has 0 bridgehead atoms. The number of hydrogen-bond acceptors (Lipinski definition) is 4. The maximum absolute atomic E-state index is 12.3. The lowest BCUT2D eigenvalue weighted by Crippen LogP contribution is -2.37. The Morgan fingerprint density at radius 3 is 2.38 bits per heavy atom. The van der Waals surface area contributed by atoms with Crippen LogP contribution in [0.15, 0.2) is 29.2 Å². The Hall–Kier alpha value is -1.69. The van der Waals surface area contributed by atoms with Crippen LogP contribution in [0, 0.1) is 0 Å². The molecule has 132 valence electrons. The Balaban J connectivity index is 1.95. The number of carbonyl (C=O) groups is 2. The summed E-state index contributed by atoms with van der Waals surface area (Å²) < 4.78 is 17.2. The van der Waals surface area contributed by atoms with E-state index < -0.39 is 16.8 Å². The van der Waals surface area contributed by atoms with Crippen LogP contribution in [-0.4, -0.2) is 46.4 Å². The van der Waals surface area contributed by atoms with E-state index in [1.165, 1.54) is 6.42 Å². The van der Waals surface area contributed by atoms with Crippen LogP contribution in [0.1, 0.15) is 49.4 Å². The number of ether oxygens (including phenoxy) is 1. The Morgan fingerprint density at radius 2 is 1.71 bits per heavy atom. The minimum Gasteiger partial charge on any atom is -0.452 e. The van der Waals surface area contributed by atoms with E-state index in [1.807, 2.05) is 0 Å². The Morgan fingerprint density at radius 1 is 1.08 bits per heavy atom. The average Bonchev–Trinajstić information content (AvgIpc) is 2.58. The van der Waals surface area contributed by atoms with Crippen LogP contribution in [0.5, 0.6) is 0 Å². The normalized spacial score (nSPS) is 16.8. The van der Waals surface area contributed by atoms with Crippen LogP contribution in [0.2, 0.25) is 0 Å². The molecule has 0 unspecified atom stereocenters. The summed E-state index contributed by atoms with van der Waals surface area (Å²) in [5, 5.41) is 0. The highest BCUT2D eigenvalue weighted by molar-refractivity contribution is 7.85.